The van der Waals surface area contributed by atoms with E-state index in [-0.39, 0.29) is 25.1 Å². The number of hydrogen-bond donors (Lipinski definition) is 1. The van der Waals surface area contributed by atoms with E-state index >= 15 is 0 Å². The van der Waals surface area contributed by atoms with Crippen LogP contribution in [0, 0.1) is 6.92 Å². The summed E-state index contributed by atoms with van der Waals surface area (Å²) in [5.74, 6) is 0.441. The standard InChI is InChI=1S/C22H30N2O5/c1-15-17-9-5-6-10-18(17)28-19(15)12-23-20(25)14-24(13-16-8-7-11-27-16)21(26)29-22(2,3)4/h5-6,9-10,16H,7-8,11-14H2,1-4H3,(H,23,25)/t16-/m0/s1. The van der Waals surface area contributed by atoms with Crippen LogP contribution in [0.3, 0.4) is 0 Å². The molecule has 0 aliphatic carbocycles. The molecule has 7 heteroatoms. The molecule has 0 saturated carbocycles. The van der Waals surface area contributed by atoms with Crippen molar-refractivity contribution in [2.45, 2.75) is 58.8 Å². The molecule has 0 spiro atoms. The zero-order chi connectivity index (χ0) is 21.0. The zero-order valence-electron chi connectivity index (χ0n) is 17.6. The zero-order valence-corrected chi connectivity index (χ0v) is 17.6. The van der Waals surface area contributed by atoms with E-state index in [2.05, 4.69) is 5.32 Å². The van der Waals surface area contributed by atoms with Gasteiger partial charge in [-0.2, -0.15) is 0 Å². The first-order chi connectivity index (χ1) is 13.7. The average Bonchev–Trinajstić information content (AvgIpc) is 3.26. The first-order valence-corrected chi connectivity index (χ1v) is 10.1. The Bertz CT molecular complexity index is 862. The number of nitrogens with one attached hydrogen (secondary N) is 1. The minimum atomic E-state index is -0.631. The van der Waals surface area contributed by atoms with Gasteiger partial charge in [-0.05, 0) is 46.6 Å². The maximum atomic E-state index is 12.6. The van der Waals surface area contributed by atoms with Crippen LogP contribution in [0.25, 0.3) is 11.0 Å². The molecular formula is C22H30N2O5. The Morgan fingerprint density at radius 2 is 2.03 bits per heavy atom. The number of benzene rings is 1. The smallest absolute Gasteiger partial charge is 0.410 e. The van der Waals surface area contributed by atoms with Crippen molar-refractivity contribution in [2.75, 3.05) is 19.7 Å². The fourth-order valence-corrected chi connectivity index (χ4v) is 3.37. The number of furan rings is 1. The number of carbonyl (C=O) groups excluding carboxylic acids is 2. The number of para-hydroxylation sites is 1. The number of amides is 2. The summed E-state index contributed by atoms with van der Waals surface area (Å²) in [6.07, 6.45) is 1.26. The molecule has 2 heterocycles. The van der Waals surface area contributed by atoms with Crippen molar-refractivity contribution in [3.05, 3.63) is 35.6 Å². The first-order valence-electron chi connectivity index (χ1n) is 10.1. The van der Waals surface area contributed by atoms with E-state index in [0.717, 1.165) is 29.4 Å². The molecule has 1 aromatic heterocycles. The van der Waals surface area contributed by atoms with Crippen molar-refractivity contribution in [1.29, 1.82) is 0 Å². The monoisotopic (exact) mass is 402 g/mol. The minimum absolute atomic E-state index is 0.0621. The lowest BCUT2D eigenvalue weighted by Gasteiger charge is -2.28. The summed E-state index contributed by atoms with van der Waals surface area (Å²) in [6.45, 7) is 8.59. The quantitative estimate of drug-likeness (QED) is 0.795. The molecule has 29 heavy (non-hydrogen) atoms. The van der Waals surface area contributed by atoms with Crippen molar-refractivity contribution in [1.82, 2.24) is 10.2 Å². The van der Waals surface area contributed by atoms with E-state index in [0.29, 0.717) is 18.9 Å². The fourth-order valence-electron chi connectivity index (χ4n) is 3.37. The Morgan fingerprint density at radius 3 is 2.69 bits per heavy atom. The predicted molar refractivity (Wildman–Crippen MR) is 110 cm³/mol. The van der Waals surface area contributed by atoms with E-state index in [4.69, 9.17) is 13.9 Å². The molecule has 7 nitrogen and oxygen atoms in total. The van der Waals surface area contributed by atoms with E-state index < -0.39 is 11.7 Å². The van der Waals surface area contributed by atoms with Crippen molar-refractivity contribution in [3.8, 4) is 0 Å². The number of rotatable bonds is 6. The molecule has 158 valence electrons. The van der Waals surface area contributed by atoms with Gasteiger partial charge in [0.25, 0.3) is 0 Å². The third-order valence-corrected chi connectivity index (χ3v) is 4.82. The number of aryl methyl sites for hydroxylation is 1. The van der Waals surface area contributed by atoms with E-state index in [1.165, 1.54) is 4.90 Å². The highest BCUT2D eigenvalue weighted by molar-refractivity contribution is 5.83. The van der Waals surface area contributed by atoms with E-state index in [1.807, 2.05) is 31.2 Å². The van der Waals surface area contributed by atoms with Gasteiger partial charge in [-0.1, -0.05) is 18.2 Å². The van der Waals surface area contributed by atoms with Crippen LogP contribution >= 0.6 is 0 Å². The van der Waals surface area contributed by atoms with E-state index in [9.17, 15) is 9.59 Å². The lowest BCUT2D eigenvalue weighted by molar-refractivity contribution is -0.122. The molecule has 0 radical (unpaired) electrons. The molecule has 1 aliphatic rings. The van der Waals surface area contributed by atoms with Crippen LogP contribution in [0.4, 0.5) is 4.79 Å². The second kappa shape index (κ2) is 8.86. The third-order valence-electron chi connectivity index (χ3n) is 4.82. The van der Waals surface area contributed by atoms with Crippen LogP contribution < -0.4 is 5.32 Å². The fraction of sp³-hybridized carbons (Fsp3) is 0.545. The number of ether oxygens (including phenoxy) is 2. The third kappa shape index (κ3) is 5.73. The number of hydrogen-bond acceptors (Lipinski definition) is 5. The Balaban J connectivity index is 1.61. The van der Waals surface area contributed by atoms with Gasteiger partial charge in [-0.25, -0.2) is 4.79 Å². The Morgan fingerprint density at radius 1 is 1.28 bits per heavy atom. The summed E-state index contributed by atoms with van der Waals surface area (Å²) in [5, 5.41) is 3.88. The summed E-state index contributed by atoms with van der Waals surface area (Å²) >= 11 is 0. The second-order valence-corrected chi connectivity index (χ2v) is 8.42. The lowest BCUT2D eigenvalue weighted by Crippen LogP contribution is -2.46. The van der Waals surface area contributed by atoms with Crippen LogP contribution in [0.1, 0.15) is 44.9 Å². The number of nitrogens with zero attached hydrogens (tertiary/aromatic N) is 1. The van der Waals surface area contributed by atoms with Crippen LogP contribution in [0.2, 0.25) is 0 Å². The van der Waals surface area contributed by atoms with Crippen molar-refractivity contribution < 1.29 is 23.5 Å². The Labute approximate surface area is 171 Å². The lowest BCUT2D eigenvalue weighted by atomic mass is 10.1. The molecule has 1 atom stereocenters. The first kappa shape index (κ1) is 21.2. The maximum Gasteiger partial charge on any atom is 0.410 e. The number of fused-ring (bicyclic) bond motifs is 1. The van der Waals surface area contributed by atoms with Gasteiger partial charge < -0.3 is 19.2 Å². The Kier molecular flexibility index (Phi) is 6.47. The summed E-state index contributed by atoms with van der Waals surface area (Å²) in [7, 11) is 0. The normalized spacial score (nSPS) is 16.8. The topological polar surface area (TPSA) is 81.0 Å². The molecule has 0 bridgehead atoms. The van der Waals surface area contributed by atoms with Crippen LogP contribution in [-0.4, -0.2) is 48.3 Å². The van der Waals surface area contributed by atoms with Crippen LogP contribution in [0.5, 0.6) is 0 Å². The largest absolute Gasteiger partial charge is 0.459 e. The van der Waals surface area contributed by atoms with Crippen molar-refractivity contribution in [2.24, 2.45) is 0 Å². The van der Waals surface area contributed by atoms with Gasteiger partial charge in [0.15, 0.2) is 0 Å². The SMILES string of the molecule is Cc1c(CNC(=O)CN(C[C@@H]2CCCO2)C(=O)OC(C)(C)C)oc2ccccc12. The molecule has 0 unspecified atom stereocenters. The van der Waals surface area contributed by atoms with Gasteiger partial charge in [-0.15, -0.1) is 0 Å². The van der Waals surface area contributed by atoms with Gasteiger partial charge in [0, 0.05) is 17.6 Å². The molecular weight excluding hydrogens is 372 g/mol. The predicted octanol–water partition coefficient (Wildman–Crippen LogP) is 3.77. The average molecular weight is 402 g/mol. The molecule has 3 rings (SSSR count). The molecule has 2 aromatic rings. The van der Waals surface area contributed by atoms with Gasteiger partial charge >= 0.3 is 6.09 Å². The van der Waals surface area contributed by atoms with Crippen LogP contribution in [0.15, 0.2) is 28.7 Å². The molecule has 2 amide bonds. The summed E-state index contributed by atoms with van der Waals surface area (Å²) in [5.41, 5.74) is 1.17. The summed E-state index contributed by atoms with van der Waals surface area (Å²) < 4.78 is 16.9. The number of carbonyl (C=O) groups is 2. The summed E-state index contributed by atoms with van der Waals surface area (Å²) in [4.78, 5) is 26.6. The van der Waals surface area contributed by atoms with Gasteiger partial charge in [0.1, 0.15) is 23.5 Å². The highest BCUT2D eigenvalue weighted by atomic mass is 16.6. The summed E-state index contributed by atoms with van der Waals surface area (Å²) in [6, 6.07) is 7.76. The van der Waals surface area contributed by atoms with Gasteiger partial charge in [0.05, 0.1) is 19.2 Å². The van der Waals surface area contributed by atoms with Gasteiger partial charge in [-0.3, -0.25) is 9.69 Å². The Hall–Kier alpha value is -2.54. The highest BCUT2D eigenvalue weighted by Crippen LogP contribution is 2.24. The molecule has 1 aromatic carbocycles. The molecule has 1 saturated heterocycles. The molecule has 1 fully saturated rings. The highest BCUT2D eigenvalue weighted by Gasteiger charge is 2.28. The van der Waals surface area contributed by atoms with Crippen LogP contribution in [-0.2, 0) is 20.8 Å². The van der Waals surface area contributed by atoms with E-state index in [1.54, 1.807) is 20.8 Å². The maximum absolute atomic E-state index is 12.6. The van der Waals surface area contributed by atoms with Gasteiger partial charge in [0.2, 0.25) is 5.91 Å². The molecule has 1 N–H and O–H groups in total. The van der Waals surface area contributed by atoms with Crippen molar-refractivity contribution >= 4 is 23.0 Å². The minimum Gasteiger partial charge on any atom is -0.459 e. The second-order valence-electron chi connectivity index (χ2n) is 8.42. The van der Waals surface area contributed by atoms with Crippen molar-refractivity contribution in [3.63, 3.8) is 0 Å². The molecule has 1 aliphatic heterocycles.